The van der Waals surface area contributed by atoms with E-state index in [1.54, 1.807) is 0 Å². The van der Waals surface area contributed by atoms with E-state index in [0.717, 1.165) is 6.42 Å². The lowest BCUT2D eigenvalue weighted by atomic mass is 10.1. The first-order chi connectivity index (χ1) is 7.04. The Hall–Kier alpha value is -1.36. The van der Waals surface area contributed by atoms with Crippen molar-refractivity contribution in [1.82, 2.24) is 5.32 Å². The first-order valence-corrected chi connectivity index (χ1v) is 4.77. The molecule has 5 heteroatoms. The normalized spacial score (nSPS) is 10.8. The lowest BCUT2D eigenvalue weighted by Crippen LogP contribution is -2.30. The van der Waals surface area contributed by atoms with Gasteiger partial charge in [0.25, 0.3) is 0 Å². The topological polar surface area (TPSA) is 92.4 Å². The maximum absolute atomic E-state index is 10.4. The van der Waals surface area contributed by atoms with E-state index in [0.29, 0.717) is 19.4 Å². The highest BCUT2D eigenvalue weighted by atomic mass is 16.4. The van der Waals surface area contributed by atoms with Gasteiger partial charge in [-0.2, -0.15) is 0 Å². The summed E-state index contributed by atoms with van der Waals surface area (Å²) in [6.07, 6.45) is 1.93. The number of carbonyl (C=O) groups excluding carboxylic acids is 1. The standard InChI is InChI=1S/C8H16N2O3.C2H4/c1-6(11)10-5-3-2-4-7(9)8(12)13;1-2/h7H,2-5,9H2,1H3,(H,10,11)(H,12,13);1-2H2/t7-;/m0./s1. The maximum atomic E-state index is 10.4. The van der Waals surface area contributed by atoms with Gasteiger partial charge >= 0.3 is 5.97 Å². The van der Waals surface area contributed by atoms with Gasteiger partial charge in [0, 0.05) is 13.5 Å². The summed E-state index contributed by atoms with van der Waals surface area (Å²) in [7, 11) is 0. The van der Waals surface area contributed by atoms with Crippen molar-refractivity contribution in [1.29, 1.82) is 0 Å². The highest BCUT2D eigenvalue weighted by Gasteiger charge is 2.09. The molecule has 0 aliphatic heterocycles. The second-order valence-electron chi connectivity index (χ2n) is 2.92. The van der Waals surface area contributed by atoms with Crippen molar-refractivity contribution in [3.8, 4) is 0 Å². The number of rotatable bonds is 6. The summed E-state index contributed by atoms with van der Waals surface area (Å²) in [6, 6.07) is -0.780. The van der Waals surface area contributed by atoms with Crippen molar-refractivity contribution in [2.75, 3.05) is 6.54 Å². The predicted molar refractivity (Wildman–Crippen MR) is 59.4 cm³/mol. The largest absolute Gasteiger partial charge is 0.480 e. The zero-order valence-electron chi connectivity index (χ0n) is 9.16. The molecule has 0 radical (unpaired) electrons. The molecule has 0 aromatic rings. The van der Waals surface area contributed by atoms with Crippen LogP contribution in [0.25, 0.3) is 0 Å². The number of carboxylic acid groups (broad SMARTS) is 1. The smallest absolute Gasteiger partial charge is 0.320 e. The molecule has 0 bridgehead atoms. The summed E-state index contributed by atoms with van der Waals surface area (Å²) in [5.41, 5.74) is 5.27. The zero-order chi connectivity index (χ0) is 12.3. The summed E-state index contributed by atoms with van der Waals surface area (Å²) in [5, 5.41) is 11.1. The SMILES string of the molecule is C=C.CC(=O)NCCCC[C@H](N)C(=O)O. The molecule has 0 fully saturated rings. The van der Waals surface area contributed by atoms with Gasteiger partial charge in [-0.05, 0) is 19.3 Å². The van der Waals surface area contributed by atoms with Crippen molar-refractivity contribution in [3.05, 3.63) is 13.2 Å². The second-order valence-corrected chi connectivity index (χ2v) is 2.92. The molecule has 15 heavy (non-hydrogen) atoms. The van der Waals surface area contributed by atoms with E-state index in [1.807, 2.05) is 0 Å². The minimum atomic E-state index is -0.973. The molecule has 5 nitrogen and oxygen atoms in total. The average Bonchev–Trinajstić information content (AvgIpc) is 2.19. The quantitative estimate of drug-likeness (QED) is 0.445. The summed E-state index contributed by atoms with van der Waals surface area (Å²) in [5.74, 6) is -1.04. The fourth-order valence-electron chi connectivity index (χ4n) is 0.877. The number of hydrogen-bond acceptors (Lipinski definition) is 3. The van der Waals surface area contributed by atoms with Gasteiger partial charge in [0.05, 0.1) is 0 Å². The van der Waals surface area contributed by atoms with Crippen LogP contribution in [0, 0.1) is 0 Å². The van der Waals surface area contributed by atoms with Crippen molar-refractivity contribution in [2.45, 2.75) is 32.2 Å². The Labute approximate surface area is 90.3 Å². The molecule has 0 heterocycles. The third-order valence-corrected chi connectivity index (χ3v) is 1.63. The summed E-state index contributed by atoms with van der Waals surface area (Å²) in [6.45, 7) is 8.03. The molecule has 0 aromatic carbocycles. The van der Waals surface area contributed by atoms with Gasteiger partial charge < -0.3 is 16.2 Å². The number of carbonyl (C=O) groups is 2. The zero-order valence-corrected chi connectivity index (χ0v) is 9.16. The minimum absolute atomic E-state index is 0.0671. The molecule has 1 atom stereocenters. The van der Waals surface area contributed by atoms with Crippen LogP contribution in [0.5, 0.6) is 0 Å². The lowest BCUT2D eigenvalue weighted by Gasteiger charge is -2.05. The van der Waals surface area contributed by atoms with Gasteiger partial charge in [0.1, 0.15) is 6.04 Å². The van der Waals surface area contributed by atoms with Gasteiger partial charge in [0.2, 0.25) is 5.91 Å². The molecule has 0 unspecified atom stereocenters. The van der Waals surface area contributed by atoms with E-state index in [4.69, 9.17) is 10.8 Å². The van der Waals surface area contributed by atoms with Crippen LogP contribution in [-0.2, 0) is 9.59 Å². The van der Waals surface area contributed by atoms with Gasteiger partial charge in [-0.3, -0.25) is 9.59 Å². The van der Waals surface area contributed by atoms with Crippen LogP contribution in [0.15, 0.2) is 13.2 Å². The molecule has 0 rings (SSSR count). The van der Waals surface area contributed by atoms with Crippen LogP contribution in [0.2, 0.25) is 0 Å². The van der Waals surface area contributed by atoms with Crippen LogP contribution in [-0.4, -0.2) is 29.6 Å². The Kier molecular flexibility index (Phi) is 11.5. The molecular formula is C10H20N2O3. The number of amides is 1. The fraction of sp³-hybridized carbons (Fsp3) is 0.600. The fourth-order valence-corrected chi connectivity index (χ4v) is 0.877. The van der Waals surface area contributed by atoms with Crippen molar-refractivity contribution in [2.24, 2.45) is 5.73 Å². The number of aliphatic carboxylic acids is 1. The van der Waals surface area contributed by atoms with Crippen LogP contribution in [0.3, 0.4) is 0 Å². The van der Waals surface area contributed by atoms with Crippen LogP contribution < -0.4 is 11.1 Å². The van der Waals surface area contributed by atoms with Crippen LogP contribution in [0.4, 0.5) is 0 Å². The number of unbranched alkanes of at least 4 members (excludes halogenated alkanes) is 1. The predicted octanol–water partition coefficient (Wildman–Crippen LogP) is 0.507. The van der Waals surface area contributed by atoms with E-state index >= 15 is 0 Å². The third-order valence-electron chi connectivity index (χ3n) is 1.63. The number of carboxylic acids is 1. The minimum Gasteiger partial charge on any atom is -0.480 e. The van der Waals surface area contributed by atoms with E-state index in [-0.39, 0.29) is 5.91 Å². The van der Waals surface area contributed by atoms with Crippen molar-refractivity contribution >= 4 is 11.9 Å². The second kappa shape index (κ2) is 10.7. The maximum Gasteiger partial charge on any atom is 0.320 e. The number of nitrogens with one attached hydrogen (secondary N) is 1. The first-order valence-electron chi connectivity index (χ1n) is 4.77. The van der Waals surface area contributed by atoms with E-state index in [2.05, 4.69) is 18.5 Å². The summed E-state index contributed by atoms with van der Waals surface area (Å²) in [4.78, 5) is 20.7. The molecule has 1 amide bonds. The molecular weight excluding hydrogens is 196 g/mol. The third kappa shape index (κ3) is 12.6. The number of nitrogens with two attached hydrogens (primary N) is 1. The Morgan fingerprint density at radius 1 is 1.40 bits per heavy atom. The molecule has 0 spiro atoms. The van der Waals surface area contributed by atoms with Crippen LogP contribution >= 0.6 is 0 Å². The Morgan fingerprint density at radius 3 is 2.33 bits per heavy atom. The van der Waals surface area contributed by atoms with Crippen molar-refractivity contribution in [3.63, 3.8) is 0 Å². The van der Waals surface area contributed by atoms with E-state index in [9.17, 15) is 9.59 Å². The molecule has 4 N–H and O–H groups in total. The summed E-state index contributed by atoms with van der Waals surface area (Å²) < 4.78 is 0. The Balaban J connectivity index is 0. The lowest BCUT2D eigenvalue weighted by molar-refractivity contribution is -0.138. The van der Waals surface area contributed by atoms with E-state index in [1.165, 1.54) is 6.92 Å². The summed E-state index contributed by atoms with van der Waals surface area (Å²) >= 11 is 0. The highest BCUT2D eigenvalue weighted by Crippen LogP contribution is 1.97. The molecule has 0 aromatic heterocycles. The van der Waals surface area contributed by atoms with Gasteiger partial charge in [-0.15, -0.1) is 13.2 Å². The Morgan fingerprint density at radius 2 is 1.93 bits per heavy atom. The molecule has 88 valence electrons. The van der Waals surface area contributed by atoms with Gasteiger partial charge in [-0.1, -0.05) is 0 Å². The average molecular weight is 216 g/mol. The van der Waals surface area contributed by atoms with Gasteiger partial charge in [0.15, 0.2) is 0 Å². The van der Waals surface area contributed by atoms with E-state index < -0.39 is 12.0 Å². The molecule has 0 saturated heterocycles. The highest BCUT2D eigenvalue weighted by molar-refractivity contribution is 5.73. The van der Waals surface area contributed by atoms with Gasteiger partial charge in [-0.25, -0.2) is 0 Å². The number of hydrogen-bond donors (Lipinski definition) is 3. The molecule has 0 saturated carbocycles. The molecule has 0 aliphatic rings. The Bertz CT molecular complexity index is 195. The monoisotopic (exact) mass is 216 g/mol. The van der Waals surface area contributed by atoms with Crippen molar-refractivity contribution < 1.29 is 14.7 Å². The first kappa shape index (κ1) is 16.1. The van der Waals surface area contributed by atoms with Crippen LogP contribution in [0.1, 0.15) is 26.2 Å². The molecule has 0 aliphatic carbocycles.